The summed E-state index contributed by atoms with van der Waals surface area (Å²) in [6.45, 7) is 9.71. The van der Waals surface area contributed by atoms with Gasteiger partial charge in [-0.15, -0.1) is 0 Å². The quantitative estimate of drug-likeness (QED) is 0.193. The minimum atomic E-state index is -0.245. The minimum absolute atomic E-state index is 0.00617. The highest BCUT2D eigenvalue weighted by Crippen LogP contribution is 2.23. The van der Waals surface area contributed by atoms with Gasteiger partial charge in [0.05, 0.1) is 12.2 Å². The third-order valence-electron chi connectivity index (χ3n) is 6.00. The van der Waals surface area contributed by atoms with Crippen molar-refractivity contribution in [2.75, 3.05) is 7.05 Å². The van der Waals surface area contributed by atoms with Crippen LogP contribution in [0, 0.1) is 30.6 Å². The zero-order chi connectivity index (χ0) is 27.8. The van der Waals surface area contributed by atoms with Gasteiger partial charge in [0, 0.05) is 42.8 Å². The number of oxazole rings is 1. The van der Waals surface area contributed by atoms with E-state index in [4.69, 9.17) is 20.0 Å². The van der Waals surface area contributed by atoms with Crippen LogP contribution in [0.15, 0.2) is 70.8 Å². The molecule has 2 N–H and O–H groups in total. The zero-order valence-electron chi connectivity index (χ0n) is 22.8. The third kappa shape index (κ3) is 7.35. The molecule has 0 aliphatic rings. The van der Waals surface area contributed by atoms with Crippen molar-refractivity contribution in [3.8, 4) is 11.3 Å². The molecule has 38 heavy (non-hydrogen) atoms. The van der Waals surface area contributed by atoms with Gasteiger partial charge in [0.2, 0.25) is 5.90 Å². The maximum atomic E-state index is 13.4. The molecule has 3 rings (SSSR count). The normalized spacial score (nSPS) is 12.4. The van der Waals surface area contributed by atoms with Crippen molar-refractivity contribution >= 4 is 17.7 Å². The van der Waals surface area contributed by atoms with Gasteiger partial charge in [-0.25, -0.2) is 4.98 Å². The SMILES string of the molecule is C/C=C\C=C(/C)CC(C)C(=N)OC(=N)c1cc(C(=O)N(C)Cc2nc(C)oc2C)cc(-c2ccccn2)c1. The molecule has 1 aromatic carbocycles. The molecular weight excluding hydrogens is 478 g/mol. The fourth-order valence-corrected chi connectivity index (χ4v) is 3.97. The van der Waals surface area contributed by atoms with Crippen molar-refractivity contribution in [1.29, 1.82) is 10.8 Å². The molecule has 0 aliphatic heterocycles. The van der Waals surface area contributed by atoms with Crippen LogP contribution in [0.25, 0.3) is 11.3 Å². The van der Waals surface area contributed by atoms with E-state index >= 15 is 0 Å². The van der Waals surface area contributed by atoms with Crippen LogP contribution in [-0.4, -0.2) is 39.6 Å². The van der Waals surface area contributed by atoms with Crippen LogP contribution in [0.1, 0.15) is 60.5 Å². The molecule has 8 heteroatoms. The van der Waals surface area contributed by atoms with Crippen LogP contribution < -0.4 is 0 Å². The lowest BCUT2D eigenvalue weighted by atomic mass is 10.0. The summed E-state index contributed by atoms with van der Waals surface area (Å²) in [5.41, 5.74) is 3.90. The molecule has 3 aromatic rings. The number of aryl methyl sites for hydroxylation is 2. The first kappa shape index (κ1) is 28.2. The Morgan fingerprint density at radius 3 is 2.55 bits per heavy atom. The van der Waals surface area contributed by atoms with Gasteiger partial charge in [0.1, 0.15) is 11.5 Å². The molecule has 0 fully saturated rings. The Kier molecular flexibility index (Phi) is 9.49. The Morgan fingerprint density at radius 2 is 1.92 bits per heavy atom. The van der Waals surface area contributed by atoms with Crippen LogP contribution in [0.4, 0.5) is 0 Å². The Bertz CT molecular complexity index is 1370. The molecule has 0 radical (unpaired) electrons. The van der Waals surface area contributed by atoms with E-state index in [0.717, 1.165) is 5.57 Å². The van der Waals surface area contributed by atoms with E-state index in [2.05, 4.69) is 9.97 Å². The van der Waals surface area contributed by atoms with Gasteiger partial charge in [-0.3, -0.25) is 20.6 Å². The molecule has 1 unspecified atom stereocenters. The Balaban J connectivity index is 1.87. The fourth-order valence-electron chi connectivity index (χ4n) is 3.97. The molecule has 0 saturated heterocycles. The van der Waals surface area contributed by atoms with Crippen LogP contribution in [-0.2, 0) is 11.3 Å². The second kappa shape index (κ2) is 12.8. The van der Waals surface area contributed by atoms with Crippen molar-refractivity contribution in [1.82, 2.24) is 14.9 Å². The molecule has 0 spiro atoms. The number of pyridine rings is 1. The van der Waals surface area contributed by atoms with Crippen molar-refractivity contribution in [3.05, 3.63) is 94.9 Å². The standard InChI is InChI=1S/C30H35N5O3/c1-7-8-11-19(2)14-20(3)28(31)38-29(32)24-15-23(26-12-9-10-13-33-26)16-25(17-24)30(36)35(6)18-27-21(4)37-22(5)34-27/h7-13,15-17,20,31-32H,14,18H2,1-6H3/b8-7-,19-11+,31-28?,32-29?. The van der Waals surface area contributed by atoms with Crippen molar-refractivity contribution in [3.63, 3.8) is 0 Å². The first-order valence-corrected chi connectivity index (χ1v) is 12.5. The molecule has 198 valence electrons. The van der Waals surface area contributed by atoms with E-state index < -0.39 is 0 Å². The van der Waals surface area contributed by atoms with Crippen LogP contribution in [0.3, 0.4) is 0 Å². The first-order valence-electron chi connectivity index (χ1n) is 12.5. The molecule has 8 nitrogen and oxygen atoms in total. The molecule has 1 atom stereocenters. The summed E-state index contributed by atoms with van der Waals surface area (Å²) in [4.78, 5) is 23.8. The number of aromatic nitrogens is 2. The van der Waals surface area contributed by atoms with Crippen LogP contribution in [0.5, 0.6) is 0 Å². The third-order valence-corrected chi connectivity index (χ3v) is 6.00. The number of nitrogens with one attached hydrogen (secondary N) is 2. The number of hydrogen-bond donors (Lipinski definition) is 2. The van der Waals surface area contributed by atoms with Crippen LogP contribution >= 0.6 is 0 Å². The van der Waals surface area contributed by atoms with E-state index in [9.17, 15) is 4.79 Å². The summed E-state index contributed by atoms with van der Waals surface area (Å²) in [5.74, 6) is 0.557. The summed E-state index contributed by atoms with van der Waals surface area (Å²) in [6, 6.07) is 10.6. The number of amides is 1. The first-order chi connectivity index (χ1) is 18.1. The summed E-state index contributed by atoms with van der Waals surface area (Å²) in [6.07, 6.45) is 8.22. The zero-order valence-corrected chi connectivity index (χ0v) is 22.8. The van der Waals surface area contributed by atoms with Gasteiger partial charge in [0.15, 0.2) is 11.8 Å². The van der Waals surface area contributed by atoms with Crippen molar-refractivity contribution in [2.45, 2.75) is 47.6 Å². The fraction of sp³-hybridized carbons (Fsp3) is 0.300. The molecular formula is C30H35N5O3. The van der Waals surface area contributed by atoms with Gasteiger partial charge < -0.3 is 14.1 Å². The lowest BCUT2D eigenvalue weighted by molar-refractivity contribution is 0.0783. The van der Waals surface area contributed by atoms with Gasteiger partial charge in [-0.1, -0.05) is 36.8 Å². The molecule has 0 bridgehead atoms. The van der Waals surface area contributed by atoms with E-state index in [0.29, 0.717) is 46.2 Å². The number of allylic oxidation sites excluding steroid dienone is 4. The van der Waals surface area contributed by atoms with Crippen molar-refractivity contribution < 1.29 is 13.9 Å². The van der Waals surface area contributed by atoms with Gasteiger partial charge in [-0.2, -0.15) is 0 Å². The lowest BCUT2D eigenvalue weighted by Gasteiger charge is -2.18. The summed E-state index contributed by atoms with van der Waals surface area (Å²) in [5, 5.41) is 17.0. The second-order valence-corrected chi connectivity index (χ2v) is 9.35. The van der Waals surface area contributed by atoms with Crippen LogP contribution in [0.2, 0.25) is 0 Å². The second-order valence-electron chi connectivity index (χ2n) is 9.35. The smallest absolute Gasteiger partial charge is 0.253 e. The summed E-state index contributed by atoms with van der Waals surface area (Å²) < 4.78 is 11.2. The topological polar surface area (TPSA) is 116 Å². The molecule has 1 amide bonds. The lowest BCUT2D eigenvalue weighted by Crippen LogP contribution is -2.27. The highest BCUT2D eigenvalue weighted by molar-refractivity contribution is 6.03. The highest BCUT2D eigenvalue weighted by Gasteiger charge is 2.20. The molecule has 0 aliphatic carbocycles. The van der Waals surface area contributed by atoms with Gasteiger partial charge >= 0.3 is 0 Å². The average molecular weight is 514 g/mol. The summed E-state index contributed by atoms with van der Waals surface area (Å²) in [7, 11) is 1.70. The van der Waals surface area contributed by atoms with Gasteiger partial charge in [-0.05, 0) is 57.5 Å². The van der Waals surface area contributed by atoms with E-state index in [1.807, 2.05) is 64.1 Å². The van der Waals surface area contributed by atoms with Gasteiger partial charge in [0.25, 0.3) is 5.91 Å². The number of benzene rings is 1. The predicted molar refractivity (Wildman–Crippen MR) is 149 cm³/mol. The van der Waals surface area contributed by atoms with Crippen molar-refractivity contribution in [2.24, 2.45) is 5.92 Å². The minimum Gasteiger partial charge on any atom is -0.446 e. The monoisotopic (exact) mass is 513 g/mol. The number of rotatable bonds is 9. The van der Waals surface area contributed by atoms with E-state index in [1.54, 1.807) is 43.3 Å². The number of nitrogens with zero attached hydrogens (tertiary/aromatic N) is 3. The number of carbonyl (C=O) groups excluding carboxylic acids is 1. The molecule has 0 saturated carbocycles. The molecule has 2 heterocycles. The number of carbonyl (C=O) groups is 1. The Morgan fingerprint density at radius 1 is 1.18 bits per heavy atom. The predicted octanol–water partition coefficient (Wildman–Crippen LogP) is 6.49. The Labute approximate surface area is 224 Å². The Hall–Kier alpha value is -4.33. The number of hydrogen-bond acceptors (Lipinski definition) is 7. The average Bonchev–Trinajstić information content (AvgIpc) is 3.22. The van der Waals surface area contributed by atoms with E-state index in [1.165, 1.54) is 0 Å². The highest BCUT2D eigenvalue weighted by atomic mass is 16.5. The number of ether oxygens (including phenoxy) is 1. The maximum absolute atomic E-state index is 13.4. The largest absolute Gasteiger partial charge is 0.446 e. The van der Waals surface area contributed by atoms with E-state index in [-0.39, 0.29) is 30.2 Å². The molecule has 2 aromatic heterocycles. The maximum Gasteiger partial charge on any atom is 0.253 e. The summed E-state index contributed by atoms with van der Waals surface area (Å²) >= 11 is 0.